The lowest BCUT2D eigenvalue weighted by Crippen LogP contribution is -2.27. The molecule has 1 atom stereocenters. The molecule has 7 nitrogen and oxygen atoms in total. The van der Waals surface area contributed by atoms with Crippen LogP contribution in [0.3, 0.4) is 0 Å². The molecule has 0 bridgehead atoms. The molecule has 1 unspecified atom stereocenters. The van der Waals surface area contributed by atoms with Gasteiger partial charge >= 0.3 is 0 Å². The highest BCUT2D eigenvalue weighted by atomic mass is 16.2. The first kappa shape index (κ1) is 17.1. The maximum Gasteiger partial charge on any atom is 0.250 e. The Morgan fingerprint density at radius 3 is 2.67 bits per heavy atom. The van der Waals surface area contributed by atoms with Crippen LogP contribution in [0.4, 0.5) is 5.82 Å². The third-order valence-corrected chi connectivity index (χ3v) is 3.57. The second-order valence-electron chi connectivity index (χ2n) is 5.21. The van der Waals surface area contributed by atoms with Gasteiger partial charge in [-0.1, -0.05) is 6.07 Å². The predicted octanol–water partition coefficient (Wildman–Crippen LogP) is 1.79. The minimum Gasteiger partial charge on any atom is -0.309 e. The smallest absolute Gasteiger partial charge is 0.250 e. The van der Waals surface area contributed by atoms with Crippen LogP contribution in [0.15, 0.2) is 30.5 Å². The van der Waals surface area contributed by atoms with Crippen molar-refractivity contribution >= 4 is 23.6 Å². The summed E-state index contributed by atoms with van der Waals surface area (Å²) in [5.41, 5.74) is 2.46. The summed E-state index contributed by atoms with van der Waals surface area (Å²) in [6, 6.07) is 6.70. The number of hydrogen-bond donors (Lipinski definition) is 1. The number of aromatic nitrogens is 3. The van der Waals surface area contributed by atoms with Crippen LogP contribution in [-0.4, -0.2) is 26.5 Å². The van der Waals surface area contributed by atoms with Crippen molar-refractivity contribution in [2.75, 3.05) is 5.32 Å². The fourth-order valence-corrected chi connectivity index (χ4v) is 2.18. The van der Waals surface area contributed by atoms with Gasteiger partial charge in [0.1, 0.15) is 5.82 Å². The normalized spacial score (nSPS) is 11.9. The maximum absolute atomic E-state index is 12.2. The van der Waals surface area contributed by atoms with Crippen LogP contribution in [0.1, 0.15) is 17.0 Å². The summed E-state index contributed by atoms with van der Waals surface area (Å²) in [6.45, 7) is 3.70. The highest BCUT2D eigenvalue weighted by molar-refractivity contribution is 6.14. The number of allylic oxidation sites excluding steroid dienone is 1. The number of anilines is 1. The van der Waals surface area contributed by atoms with Gasteiger partial charge < -0.3 is 5.32 Å². The first-order chi connectivity index (χ1) is 11.4. The zero-order valence-electron chi connectivity index (χ0n) is 13.6. The molecule has 24 heavy (non-hydrogen) atoms. The molecular weight excluding hydrogens is 306 g/mol. The molecule has 122 valence electrons. The number of aryl methyl sites for hydroxylation is 2. The molecule has 0 fully saturated rings. The number of amides is 1. The summed E-state index contributed by atoms with van der Waals surface area (Å²) in [5, 5.41) is 15.9. The molecule has 0 saturated carbocycles. The molecule has 7 heteroatoms. The highest BCUT2D eigenvalue weighted by Crippen LogP contribution is 2.14. The van der Waals surface area contributed by atoms with Crippen LogP contribution in [0.2, 0.25) is 0 Å². The lowest BCUT2D eigenvalue weighted by Gasteiger charge is -2.06. The van der Waals surface area contributed by atoms with Crippen molar-refractivity contribution in [3.05, 3.63) is 47.4 Å². The van der Waals surface area contributed by atoms with Crippen LogP contribution in [0.5, 0.6) is 0 Å². The van der Waals surface area contributed by atoms with Gasteiger partial charge in [-0.2, -0.15) is 10.4 Å². The van der Waals surface area contributed by atoms with Crippen LogP contribution in [0, 0.1) is 31.1 Å². The van der Waals surface area contributed by atoms with Crippen LogP contribution < -0.4 is 5.32 Å². The Balaban J connectivity index is 2.13. The van der Waals surface area contributed by atoms with Crippen molar-refractivity contribution in [2.45, 2.75) is 13.8 Å². The van der Waals surface area contributed by atoms with E-state index < -0.39 is 17.6 Å². The molecular formula is C17H17N5O2. The van der Waals surface area contributed by atoms with E-state index in [0.717, 1.165) is 17.0 Å². The zero-order chi connectivity index (χ0) is 17.7. The van der Waals surface area contributed by atoms with Crippen LogP contribution in [-0.2, 0) is 16.6 Å². The molecule has 0 aromatic carbocycles. The molecule has 1 N–H and O–H groups in total. The summed E-state index contributed by atoms with van der Waals surface area (Å²) in [6.07, 6.45) is 4.33. The van der Waals surface area contributed by atoms with Crippen molar-refractivity contribution in [3.63, 3.8) is 0 Å². The minimum absolute atomic E-state index is 0.290. The maximum atomic E-state index is 12.2. The molecule has 2 aromatic heterocycles. The van der Waals surface area contributed by atoms with E-state index in [1.54, 1.807) is 42.1 Å². The standard InChI is InChI=1S/C17H17N5O2/c1-11-13(12(2)22(3)21-11)7-8-15(23)14(10-18)17(24)20-16-6-4-5-9-19-16/h4-9,14H,1-3H3,(H,19,20,24). The third kappa shape index (κ3) is 3.73. The number of ketones is 1. The number of nitriles is 1. The van der Waals surface area contributed by atoms with Crippen molar-refractivity contribution in [3.8, 4) is 6.07 Å². The predicted molar refractivity (Wildman–Crippen MR) is 88.7 cm³/mol. The Morgan fingerprint density at radius 1 is 1.38 bits per heavy atom. The monoisotopic (exact) mass is 323 g/mol. The molecule has 0 saturated heterocycles. The van der Waals surface area contributed by atoms with E-state index in [0.29, 0.717) is 5.82 Å². The molecule has 0 aliphatic rings. The summed E-state index contributed by atoms with van der Waals surface area (Å²) < 4.78 is 1.70. The van der Waals surface area contributed by atoms with Gasteiger partial charge in [-0.15, -0.1) is 0 Å². The Hall–Kier alpha value is -3.27. The molecule has 2 heterocycles. The van der Waals surface area contributed by atoms with Gasteiger partial charge in [0.15, 0.2) is 11.7 Å². The van der Waals surface area contributed by atoms with Crippen molar-refractivity contribution < 1.29 is 9.59 Å². The molecule has 0 radical (unpaired) electrons. The van der Waals surface area contributed by atoms with Gasteiger partial charge in [-0.25, -0.2) is 4.98 Å². The van der Waals surface area contributed by atoms with Crippen LogP contribution >= 0.6 is 0 Å². The average molecular weight is 323 g/mol. The third-order valence-electron chi connectivity index (χ3n) is 3.57. The molecule has 0 aliphatic carbocycles. The van der Waals surface area contributed by atoms with Gasteiger partial charge in [-0.05, 0) is 38.1 Å². The number of carbonyl (C=O) groups is 2. The van der Waals surface area contributed by atoms with Gasteiger partial charge in [0.2, 0.25) is 0 Å². The summed E-state index contributed by atoms with van der Waals surface area (Å²) in [5.74, 6) is -2.43. The molecule has 1 amide bonds. The number of nitrogens with one attached hydrogen (secondary N) is 1. The largest absolute Gasteiger partial charge is 0.309 e. The van der Waals surface area contributed by atoms with Gasteiger partial charge in [0.05, 0.1) is 11.8 Å². The van der Waals surface area contributed by atoms with Gasteiger partial charge in [-0.3, -0.25) is 14.3 Å². The molecule has 0 spiro atoms. The first-order valence-corrected chi connectivity index (χ1v) is 7.27. The Labute approximate surface area is 139 Å². The summed E-state index contributed by atoms with van der Waals surface area (Å²) in [7, 11) is 1.81. The number of carbonyl (C=O) groups excluding carboxylic acids is 2. The Kier molecular flexibility index (Phi) is 5.22. The van der Waals surface area contributed by atoms with Crippen molar-refractivity contribution in [2.24, 2.45) is 13.0 Å². The van der Waals surface area contributed by atoms with E-state index in [2.05, 4.69) is 15.4 Å². The van der Waals surface area contributed by atoms with Crippen molar-refractivity contribution in [1.29, 1.82) is 5.26 Å². The molecule has 0 aliphatic heterocycles. The number of rotatable bonds is 5. The summed E-state index contributed by atoms with van der Waals surface area (Å²) >= 11 is 0. The second kappa shape index (κ2) is 7.33. The van der Waals surface area contributed by atoms with E-state index in [-0.39, 0.29) is 0 Å². The van der Waals surface area contributed by atoms with E-state index in [4.69, 9.17) is 5.26 Å². The second-order valence-corrected chi connectivity index (χ2v) is 5.21. The first-order valence-electron chi connectivity index (χ1n) is 7.27. The Bertz CT molecular complexity index is 831. The number of pyridine rings is 1. The quantitative estimate of drug-likeness (QED) is 0.668. The zero-order valence-corrected chi connectivity index (χ0v) is 13.6. The van der Waals surface area contributed by atoms with Gasteiger partial charge in [0, 0.05) is 24.5 Å². The minimum atomic E-state index is -1.43. The lowest BCUT2D eigenvalue weighted by molar-refractivity contribution is -0.126. The van der Waals surface area contributed by atoms with E-state index in [9.17, 15) is 9.59 Å². The lowest BCUT2D eigenvalue weighted by atomic mass is 10.0. The highest BCUT2D eigenvalue weighted by Gasteiger charge is 2.25. The van der Waals surface area contributed by atoms with E-state index in [1.807, 2.05) is 13.8 Å². The van der Waals surface area contributed by atoms with E-state index in [1.165, 1.54) is 12.3 Å². The fraction of sp³-hybridized carbons (Fsp3) is 0.235. The molecule has 2 rings (SSSR count). The number of nitrogens with zero attached hydrogens (tertiary/aromatic N) is 4. The topological polar surface area (TPSA) is 101 Å². The summed E-state index contributed by atoms with van der Waals surface area (Å²) in [4.78, 5) is 28.2. The van der Waals surface area contributed by atoms with Crippen molar-refractivity contribution in [1.82, 2.24) is 14.8 Å². The fourth-order valence-electron chi connectivity index (χ4n) is 2.18. The van der Waals surface area contributed by atoms with Gasteiger partial charge in [0.25, 0.3) is 5.91 Å². The molecule has 2 aromatic rings. The average Bonchev–Trinajstić information content (AvgIpc) is 2.79. The number of hydrogen-bond acceptors (Lipinski definition) is 5. The van der Waals surface area contributed by atoms with E-state index >= 15 is 0 Å². The SMILES string of the molecule is Cc1nn(C)c(C)c1C=CC(=O)C(C#N)C(=O)Nc1ccccn1. The Morgan fingerprint density at radius 2 is 2.12 bits per heavy atom. The van der Waals surface area contributed by atoms with Crippen LogP contribution in [0.25, 0.3) is 6.08 Å².